The van der Waals surface area contributed by atoms with Gasteiger partial charge in [-0.05, 0) is 77.0 Å². The van der Waals surface area contributed by atoms with Gasteiger partial charge in [0.1, 0.15) is 31.0 Å². The van der Waals surface area contributed by atoms with Crippen LogP contribution in [0.25, 0.3) is 0 Å². The molecular weight excluding hydrogens is 676 g/mol. The number of hydrogen-bond donors (Lipinski definition) is 4. The lowest BCUT2D eigenvalue weighted by Crippen LogP contribution is -2.59. The first-order chi connectivity index (χ1) is 25.8. The minimum atomic E-state index is -1.61. The third kappa shape index (κ3) is 25.9. The lowest BCUT2D eigenvalue weighted by molar-refractivity contribution is -0.305. The molecule has 6 atom stereocenters. The zero-order valence-corrected chi connectivity index (χ0v) is 32.7. The molecule has 1 fully saturated rings. The van der Waals surface area contributed by atoms with Gasteiger partial charge >= 0.3 is 11.9 Å². The second kappa shape index (κ2) is 33.9. The summed E-state index contributed by atoms with van der Waals surface area (Å²) in [6.07, 6.45) is 32.3. The van der Waals surface area contributed by atoms with Gasteiger partial charge in [-0.2, -0.15) is 0 Å². The molecule has 0 aliphatic carbocycles. The Kier molecular flexibility index (Phi) is 31.0. The summed E-state index contributed by atoms with van der Waals surface area (Å²) in [6, 6.07) is 0. The van der Waals surface area contributed by atoms with Crippen molar-refractivity contribution in [2.75, 3.05) is 19.8 Å². The van der Waals surface area contributed by atoms with E-state index in [0.29, 0.717) is 12.8 Å². The number of allylic oxidation sites excluding steroid dienone is 10. The Hall–Kier alpha value is -2.60. The van der Waals surface area contributed by atoms with Gasteiger partial charge in [0.05, 0.1) is 13.2 Å². The molecule has 10 heteroatoms. The van der Waals surface area contributed by atoms with Crippen LogP contribution in [0.5, 0.6) is 0 Å². The summed E-state index contributed by atoms with van der Waals surface area (Å²) in [6.45, 7) is 3.21. The predicted octanol–water partition coefficient (Wildman–Crippen LogP) is 7.88. The molecule has 1 aliphatic heterocycles. The van der Waals surface area contributed by atoms with Crippen LogP contribution in [0.3, 0.4) is 0 Å². The normalized spacial score (nSPS) is 21.5. The van der Waals surface area contributed by atoms with E-state index in [1.165, 1.54) is 38.5 Å². The van der Waals surface area contributed by atoms with Crippen LogP contribution in [0.2, 0.25) is 0 Å². The van der Waals surface area contributed by atoms with Crippen LogP contribution in [-0.2, 0) is 28.5 Å². The van der Waals surface area contributed by atoms with E-state index in [4.69, 9.17) is 18.9 Å². The smallest absolute Gasteiger partial charge is 0.306 e. The number of hydrogen-bond acceptors (Lipinski definition) is 10. The number of aliphatic hydroxyl groups is 4. The quantitative estimate of drug-likeness (QED) is 0.0304. The zero-order chi connectivity index (χ0) is 38.8. The molecule has 10 nitrogen and oxygen atoms in total. The van der Waals surface area contributed by atoms with E-state index in [2.05, 4.69) is 74.6 Å². The Bertz CT molecular complexity index is 1050. The van der Waals surface area contributed by atoms with Gasteiger partial charge in [-0.25, -0.2) is 0 Å². The molecule has 1 aliphatic rings. The topological polar surface area (TPSA) is 152 Å². The molecule has 53 heavy (non-hydrogen) atoms. The lowest BCUT2D eigenvalue weighted by atomic mass is 9.99. The summed E-state index contributed by atoms with van der Waals surface area (Å²) in [5, 5.41) is 39.9. The molecule has 304 valence electrons. The Morgan fingerprint density at radius 1 is 0.604 bits per heavy atom. The Labute approximate surface area is 320 Å². The molecule has 0 amide bonds. The van der Waals surface area contributed by atoms with Gasteiger partial charge < -0.3 is 39.4 Å². The second-order valence-electron chi connectivity index (χ2n) is 13.7. The Morgan fingerprint density at radius 2 is 1.11 bits per heavy atom. The van der Waals surface area contributed by atoms with Gasteiger partial charge in [0, 0.05) is 12.8 Å². The van der Waals surface area contributed by atoms with Gasteiger partial charge in [-0.3, -0.25) is 9.59 Å². The number of carbonyl (C=O) groups excluding carboxylic acids is 2. The van der Waals surface area contributed by atoms with Crippen LogP contribution in [0, 0.1) is 0 Å². The van der Waals surface area contributed by atoms with E-state index in [1.807, 2.05) is 0 Å². The maximum atomic E-state index is 12.7. The minimum absolute atomic E-state index is 0.172. The number of rotatable bonds is 32. The number of aliphatic hydroxyl groups excluding tert-OH is 4. The SMILES string of the molecule is CC/C=C/C/C=C/C/C=C/C/C=C/CCCCC(=O)O[C@H](COC(=O)CCCCC/C=C/CCCCCCCC)CO[C@@H]1O[C@H](CO)[C@H](O)C(O)C1O. The van der Waals surface area contributed by atoms with Crippen molar-refractivity contribution < 1.29 is 49.0 Å². The van der Waals surface area contributed by atoms with Crippen LogP contribution >= 0.6 is 0 Å². The molecule has 1 heterocycles. The molecule has 0 aromatic heterocycles. The van der Waals surface area contributed by atoms with Crippen molar-refractivity contribution in [2.45, 2.75) is 179 Å². The molecule has 1 saturated heterocycles. The molecule has 0 radical (unpaired) electrons. The van der Waals surface area contributed by atoms with Gasteiger partial charge in [0.2, 0.25) is 0 Å². The van der Waals surface area contributed by atoms with Crippen molar-refractivity contribution in [3.63, 3.8) is 0 Å². The van der Waals surface area contributed by atoms with Crippen molar-refractivity contribution in [3.8, 4) is 0 Å². The first-order valence-electron chi connectivity index (χ1n) is 20.4. The summed E-state index contributed by atoms with van der Waals surface area (Å²) in [4.78, 5) is 25.2. The van der Waals surface area contributed by atoms with Crippen molar-refractivity contribution >= 4 is 11.9 Å². The van der Waals surface area contributed by atoms with Crippen LogP contribution in [0.15, 0.2) is 60.8 Å². The summed E-state index contributed by atoms with van der Waals surface area (Å²) in [7, 11) is 0. The van der Waals surface area contributed by atoms with Crippen LogP contribution < -0.4 is 0 Å². The van der Waals surface area contributed by atoms with Gasteiger partial charge in [0.15, 0.2) is 12.4 Å². The number of carbonyl (C=O) groups is 2. The average molecular weight is 749 g/mol. The maximum absolute atomic E-state index is 12.7. The number of ether oxygens (including phenoxy) is 4. The summed E-state index contributed by atoms with van der Waals surface area (Å²) >= 11 is 0. The lowest BCUT2D eigenvalue weighted by Gasteiger charge is -2.39. The highest BCUT2D eigenvalue weighted by Gasteiger charge is 2.44. The fourth-order valence-corrected chi connectivity index (χ4v) is 5.64. The molecule has 2 unspecified atom stereocenters. The number of unbranched alkanes of at least 4 members (excludes halogenated alkanes) is 11. The number of esters is 2. The average Bonchev–Trinajstić information content (AvgIpc) is 3.15. The minimum Gasteiger partial charge on any atom is -0.462 e. The molecule has 4 N–H and O–H groups in total. The monoisotopic (exact) mass is 749 g/mol. The third-order valence-electron chi connectivity index (χ3n) is 8.89. The predicted molar refractivity (Wildman–Crippen MR) is 210 cm³/mol. The summed E-state index contributed by atoms with van der Waals surface area (Å²) in [5.41, 5.74) is 0. The van der Waals surface area contributed by atoms with Crippen molar-refractivity contribution in [1.29, 1.82) is 0 Å². The Morgan fingerprint density at radius 3 is 1.74 bits per heavy atom. The summed E-state index contributed by atoms with van der Waals surface area (Å²) in [5.74, 6) is -0.881. The highest BCUT2D eigenvalue weighted by atomic mass is 16.7. The highest BCUT2D eigenvalue weighted by molar-refractivity contribution is 5.70. The maximum Gasteiger partial charge on any atom is 0.306 e. The van der Waals surface area contributed by atoms with E-state index in [-0.39, 0.29) is 26.1 Å². The van der Waals surface area contributed by atoms with Gasteiger partial charge in [-0.1, -0.05) is 113 Å². The van der Waals surface area contributed by atoms with E-state index in [1.54, 1.807) is 0 Å². The Balaban J connectivity index is 2.43. The van der Waals surface area contributed by atoms with Crippen LogP contribution in [-0.4, -0.2) is 89.0 Å². The molecule has 0 aromatic rings. The molecule has 0 spiro atoms. The van der Waals surface area contributed by atoms with Gasteiger partial charge in [-0.15, -0.1) is 0 Å². The third-order valence-corrected chi connectivity index (χ3v) is 8.89. The molecule has 0 bridgehead atoms. The fourth-order valence-electron chi connectivity index (χ4n) is 5.64. The first kappa shape index (κ1) is 48.4. The van der Waals surface area contributed by atoms with E-state index >= 15 is 0 Å². The molecule has 0 aromatic carbocycles. The molecular formula is C43H72O10. The van der Waals surface area contributed by atoms with E-state index in [9.17, 15) is 30.0 Å². The van der Waals surface area contributed by atoms with Crippen LogP contribution in [0.1, 0.15) is 142 Å². The standard InChI is InChI=1S/C43H72O10/c1-3-5-7-9-11-13-15-17-18-20-22-24-26-28-30-32-39(46)52-36(35-51-43-42(49)41(48)40(47)37(33-44)53-43)34-50-38(45)31-29-27-25-23-21-19-16-14-12-10-8-6-4-2/h5,7,11,13,17-19,21-22,24,36-37,40-44,47-49H,3-4,6,8-10,12,14-16,20,23,25-35H2,1-2H3/b7-5+,13-11+,18-17+,21-19+,24-22+/t36-,37-,40+,41?,42?,43-/m1/s1. The summed E-state index contributed by atoms with van der Waals surface area (Å²) < 4.78 is 22.0. The highest BCUT2D eigenvalue weighted by Crippen LogP contribution is 2.22. The fraction of sp³-hybridized carbons (Fsp3) is 0.721. The van der Waals surface area contributed by atoms with Crippen molar-refractivity contribution in [1.82, 2.24) is 0 Å². The molecule has 1 rings (SSSR count). The largest absolute Gasteiger partial charge is 0.462 e. The second-order valence-corrected chi connectivity index (χ2v) is 13.7. The van der Waals surface area contributed by atoms with Crippen molar-refractivity contribution in [2.24, 2.45) is 0 Å². The zero-order valence-electron chi connectivity index (χ0n) is 32.7. The van der Waals surface area contributed by atoms with Crippen molar-refractivity contribution in [3.05, 3.63) is 60.8 Å². The van der Waals surface area contributed by atoms with Gasteiger partial charge in [0.25, 0.3) is 0 Å². The molecule has 0 saturated carbocycles. The van der Waals surface area contributed by atoms with E-state index < -0.39 is 55.4 Å². The van der Waals surface area contributed by atoms with Crippen LogP contribution in [0.4, 0.5) is 0 Å². The first-order valence-corrected chi connectivity index (χ1v) is 20.4. The van der Waals surface area contributed by atoms with E-state index in [0.717, 1.165) is 64.2 Å².